The lowest BCUT2D eigenvalue weighted by Gasteiger charge is -2.26. The largest absolute Gasteiger partial charge is 0.478 e. The molecule has 35 heavy (non-hydrogen) atoms. The zero-order chi connectivity index (χ0) is 24.5. The molecule has 7 nitrogen and oxygen atoms in total. The van der Waals surface area contributed by atoms with E-state index in [0.29, 0.717) is 23.6 Å². The number of fused-ring (bicyclic) bond motifs is 1. The third-order valence-corrected chi connectivity index (χ3v) is 7.91. The number of thiophene rings is 2. The topological polar surface area (TPSA) is 112 Å². The Morgan fingerprint density at radius 1 is 1.11 bits per heavy atom. The van der Waals surface area contributed by atoms with E-state index in [9.17, 15) is 19.8 Å². The first-order chi connectivity index (χ1) is 16.9. The van der Waals surface area contributed by atoms with Gasteiger partial charge in [-0.25, -0.2) is 9.59 Å². The van der Waals surface area contributed by atoms with Gasteiger partial charge in [-0.2, -0.15) is 0 Å². The fourth-order valence-electron chi connectivity index (χ4n) is 3.83. The molecule has 0 bridgehead atoms. The molecule has 9 heteroatoms. The lowest BCUT2D eigenvalue weighted by Crippen LogP contribution is -2.31. The molecule has 0 saturated carbocycles. The number of carboxylic acids is 2. The minimum absolute atomic E-state index is 0.0884. The van der Waals surface area contributed by atoms with Gasteiger partial charge in [0.15, 0.2) is 0 Å². The molecule has 0 aliphatic carbocycles. The van der Waals surface area contributed by atoms with E-state index in [0.717, 1.165) is 10.4 Å². The van der Waals surface area contributed by atoms with E-state index >= 15 is 0 Å². The molecular formula is C26H19N3O4S2. The highest BCUT2D eigenvalue weighted by Crippen LogP contribution is 2.34. The Balaban J connectivity index is 1.45. The van der Waals surface area contributed by atoms with Gasteiger partial charge >= 0.3 is 11.9 Å². The number of aliphatic carboxylic acids is 2. The number of aryl methyl sites for hydroxylation is 1. The Kier molecular flexibility index (Phi) is 5.99. The highest BCUT2D eigenvalue weighted by atomic mass is 32.2. The number of hydrogen-bond acceptors (Lipinski definition) is 7. The molecule has 2 aliphatic heterocycles. The molecule has 0 fully saturated rings. The minimum Gasteiger partial charge on any atom is -0.478 e. The van der Waals surface area contributed by atoms with Crippen LogP contribution in [0.25, 0.3) is 9.40 Å². The number of dihydropyridines is 2. The predicted molar refractivity (Wildman–Crippen MR) is 136 cm³/mol. The third-order valence-electron chi connectivity index (χ3n) is 5.64. The summed E-state index contributed by atoms with van der Waals surface area (Å²) >= 11 is 3.39. The van der Waals surface area contributed by atoms with Crippen LogP contribution in [0.1, 0.15) is 27.7 Å². The van der Waals surface area contributed by atoms with Gasteiger partial charge < -0.3 is 20.8 Å². The van der Waals surface area contributed by atoms with Gasteiger partial charge in [0, 0.05) is 23.7 Å². The van der Waals surface area contributed by atoms with Crippen molar-refractivity contribution in [2.75, 3.05) is 6.54 Å². The van der Waals surface area contributed by atoms with Crippen molar-refractivity contribution >= 4 is 44.0 Å². The van der Waals surface area contributed by atoms with Crippen LogP contribution in [0.5, 0.6) is 0 Å². The maximum absolute atomic E-state index is 11.8. The van der Waals surface area contributed by atoms with Crippen LogP contribution in [0.15, 0.2) is 76.6 Å². The zero-order valence-electron chi connectivity index (χ0n) is 18.5. The molecule has 5 rings (SSSR count). The molecule has 4 N–H and O–H groups in total. The number of hydrogen-bond donors (Lipinski definition) is 4. The number of carbonyl (C=O) groups is 2. The van der Waals surface area contributed by atoms with Crippen molar-refractivity contribution in [3.63, 3.8) is 0 Å². The van der Waals surface area contributed by atoms with Crippen LogP contribution in [0.4, 0.5) is 0 Å². The molecule has 0 amide bonds. The van der Waals surface area contributed by atoms with E-state index in [-0.39, 0.29) is 11.1 Å². The lowest BCUT2D eigenvalue weighted by molar-refractivity contribution is -0.133. The van der Waals surface area contributed by atoms with Crippen LogP contribution in [0, 0.1) is 18.8 Å². The number of nitrogens with one attached hydrogen (secondary N) is 2. The fraction of sp³-hybridized carbons (Fsp3) is 0.115. The lowest BCUT2D eigenvalue weighted by atomic mass is 9.99. The van der Waals surface area contributed by atoms with Crippen LogP contribution >= 0.6 is 22.7 Å². The van der Waals surface area contributed by atoms with E-state index in [1.165, 1.54) is 27.1 Å². The molecule has 0 spiro atoms. The molecule has 1 unspecified atom stereocenters. The maximum Gasteiger partial charge on any atom is 0.335 e. The molecule has 0 radical (unpaired) electrons. The van der Waals surface area contributed by atoms with Gasteiger partial charge in [-0.3, -0.25) is 4.98 Å². The Bertz CT molecular complexity index is 1560. The van der Waals surface area contributed by atoms with E-state index in [2.05, 4.69) is 45.8 Å². The summed E-state index contributed by atoms with van der Waals surface area (Å²) in [6.45, 7) is 2.40. The van der Waals surface area contributed by atoms with Gasteiger partial charge in [-0.15, -0.1) is 22.7 Å². The van der Waals surface area contributed by atoms with Crippen LogP contribution in [-0.4, -0.2) is 33.7 Å². The quantitative estimate of drug-likeness (QED) is 0.398. The summed E-state index contributed by atoms with van der Waals surface area (Å²) in [7, 11) is 0. The molecule has 174 valence electrons. The van der Waals surface area contributed by atoms with Gasteiger partial charge in [0.05, 0.1) is 43.2 Å². The summed E-state index contributed by atoms with van der Waals surface area (Å²) in [6.07, 6.45) is 7.76. The molecule has 0 aromatic carbocycles. The first kappa shape index (κ1) is 22.7. The standard InChI is InChI=1S/C26H19N3O4S2/c1-14-18-6-9-34-26(18)35-23(14)3-2-15-4-7-27-19(10-15)21-12-17(25(32)33)13-22(29-21)20-11-16(24(30)31)5-8-28-20/h4-7,9-13,21,28-29H,8H2,1H3,(H,30,31)(H,32,33). The van der Waals surface area contributed by atoms with Crippen LogP contribution in [0.2, 0.25) is 0 Å². The Morgan fingerprint density at radius 2 is 1.91 bits per heavy atom. The average molecular weight is 502 g/mol. The number of aromatic nitrogens is 1. The third kappa shape index (κ3) is 4.62. The van der Waals surface area contributed by atoms with Crippen molar-refractivity contribution in [2.45, 2.75) is 13.0 Å². The summed E-state index contributed by atoms with van der Waals surface area (Å²) in [5, 5.41) is 28.7. The smallest absolute Gasteiger partial charge is 0.335 e. The van der Waals surface area contributed by atoms with Gasteiger partial charge in [0.2, 0.25) is 0 Å². The summed E-state index contributed by atoms with van der Waals surface area (Å²) in [5.41, 5.74) is 3.76. The Morgan fingerprint density at radius 3 is 2.69 bits per heavy atom. The van der Waals surface area contributed by atoms with E-state index in [1.807, 2.05) is 12.1 Å². The van der Waals surface area contributed by atoms with E-state index in [1.54, 1.807) is 41.0 Å². The Hall–Kier alpha value is -4.13. The van der Waals surface area contributed by atoms with E-state index in [4.69, 9.17) is 0 Å². The van der Waals surface area contributed by atoms with Crippen LogP contribution in [0.3, 0.4) is 0 Å². The summed E-state index contributed by atoms with van der Waals surface area (Å²) < 4.78 is 1.26. The SMILES string of the molecule is Cc1c(C#Cc2ccnc(C3C=C(C(=O)O)C=C(C4=CC(C(=O)O)=CCN4)N3)c2)sc2sccc12. The first-order valence-corrected chi connectivity index (χ1v) is 12.4. The zero-order valence-corrected chi connectivity index (χ0v) is 20.1. The second kappa shape index (κ2) is 9.25. The monoisotopic (exact) mass is 501 g/mol. The average Bonchev–Trinajstić information content (AvgIpc) is 3.45. The molecule has 3 aromatic rings. The second-order valence-corrected chi connectivity index (χ2v) is 10.1. The number of rotatable bonds is 4. The minimum atomic E-state index is -1.08. The van der Waals surface area contributed by atoms with Gasteiger partial charge in [-0.05, 0) is 54.3 Å². The number of pyridine rings is 1. The van der Waals surface area contributed by atoms with Crippen molar-refractivity contribution in [2.24, 2.45) is 0 Å². The van der Waals surface area contributed by atoms with Crippen molar-refractivity contribution < 1.29 is 19.8 Å². The van der Waals surface area contributed by atoms with Crippen molar-refractivity contribution in [3.8, 4) is 11.8 Å². The fourth-order valence-corrected chi connectivity index (χ4v) is 6.00. The first-order valence-electron chi connectivity index (χ1n) is 10.7. The van der Waals surface area contributed by atoms with E-state index < -0.39 is 18.0 Å². The summed E-state index contributed by atoms with van der Waals surface area (Å²) in [6, 6.07) is 5.23. The van der Waals surface area contributed by atoms with Gasteiger partial charge in [-0.1, -0.05) is 17.9 Å². The highest BCUT2D eigenvalue weighted by molar-refractivity contribution is 7.37. The molecule has 5 heterocycles. The highest BCUT2D eigenvalue weighted by Gasteiger charge is 2.24. The normalized spacial score (nSPS) is 17.1. The Labute approximate surface area is 208 Å². The molecule has 2 aliphatic rings. The van der Waals surface area contributed by atoms with Crippen molar-refractivity contribution in [3.05, 3.63) is 98.3 Å². The number of nitrogens with zero attached hydrogens (tertiary/aromatic N) is 1. The molecule has 3 aromatic heterocycles. The molecular weight excluding hydrogens is 482 g/mol. The predicted octanol–water partition coefficient (Wildman–Crippen LogP) is 4.10. The molecule has 1 atom stereocenters. The summed E-state index contributed by atoms with van der Waals surface area (Å²) in [5.74, 6) is 4.35. The van der Waals surface area contributed by atoms with Gasteiger partial charge in [0.25, 0.3) is 0 Å². The number of carboxylic acid groups (broad SMARTS) is 2. The van der Waals surface area contributed by atoms with Crippen molar-refractivity contribution in [1.29, 1.82) is 0 Å². The summed E-state index contributed by atoms with van der Waals surface area (Å²) in [4.78, 5) is 28.7. The molecule has 0 saturated heterocycles. The van der Waals surface area contributed by atoms with Crippen LogP contribution < -0.4 is 10.6 Å². The van der Waals surface area contributed by atoms with Gasteiger partial charge in [0.1, 0.15) is 0 Å². The second-order valence-electron chi connectivity index (χ2n) is 7.91. The maximum atomic E-state index is 11.8. The van der Waals surface area contributed by atoms with Crippen molar-refractivity contribution in [1.82, 2.24) is 15.6 Å². The van der Waals surface area contributed by atoms with Crippen LogP contribution in [-0.2, 0) is 9.59 Å².